The van der Waals surface area contributed by atoms with Gasteiger partial charge in [-0.2, -0.15) is 0 Å². The molecule has 0 N–H and O–H groups in total. The molecule has 0 radical (unpaired) electrons. The predicted octanol–water partition coefficient (Wildman–Crippen LogP) is 9.65. The highest BCUT2D eigenvalue weighted by molar-refractivity contribution is 4.96. The standard InChI is InChI=1S/C29H58N2/c1-4-7-10-12-14-15-16-17-18-20-23-26-31-28-27-30(29(31)24-21-9-6-3)25-22-19-13-11-8-5-2/h27-29H,4-26H2,1-3H3. The van der Waals surface area contributed by atoms with Crippen LogP contribution in [-0.4, -0.2) is 29.1 Å². The highest BCUT2D eigenvalue weighted by Crippen LogP contribution is 2.23. The van der Waals surface area contributed by atoms with E-state index in [1.54, 1.807) is 0 Å². The van der Waals surface area contributed by atoms with Gasteiger partial charge in [0.15, 0.2) is 0 Å². The molecule has 1 aliphatic heterocycles. The molecule has 0 saturated carbocycles. The molecule has 184 valence electrons. The van der Waals surface area contributed by atoms with E-state index < -0.39 is 0 Å². The molecule has 0 saturated heterocycles. The van der Waals surface area contributed by atoms with E-state index in [9.17, 15) is 0 Å². The quantitative estimate of drug-likeness (QED) is 0.148. The number of rotatable bonds is 23. The molecule has 0 aliphatic carbocycles. The van der Waals surface area contributed by atoms with Crippen LogP contribution < -0.4 is 0 Å². The van der Waals surface area contributed by atoms with Gasteiger partial charge < -0.3 is 9.80 Å². The lowest BCUT2D eigenvalue weighted by molar-refractivity contribution is 0.135. The van der Waals surface area contributed by atoms with E-state index in [1.165, 1.54) is 148 Å². The molecule has 0 spiro atoms. The van der Waals surface area contributed by atoms with Gasteiger partial charge in [0.05, 0.1) is 0 Å². The summed E-state index contributed by atoms with van der Waals surface area (Å²) in [4.78, 5) is 5.33. The van der Waals surface area contributed by atoms with Gasteiger partial charge in [0.2, 0.25) is 0 Å². The van der Waals surface area contributed by atoms with Crippen molar-refractivity contribution in [3.63, 3.8) is 0 Å². The molecule has 0 amide bonds. The van der Waals surface area contributed by atoms with Crippen molar-refractivity contribution in [2.24, 2.45) is 0 Å². The van der Waals surface area contributed by atoms with Gasteiger partial charge in [0, 0.05) is 25.5 Å². The molecule has 0 bridgehead atoms. The summed E-state index contributed by atoms with van der Waals surface area (Å²) in [6.45, 7) is 9.45. The molecule has 2 heteroatoms. The van der Waals surface area contributed by atoms with Crippen LogP contribution in [0.25, 0.3) is 0 Å². The normalized spacial score (nSPS) is 16.0. The van der Waals surface area contributed by atoms with Crippen LogP contribution in [0.3, 0.4) is 0 Å². The summed E-state index contributed by atoms with van der Waals surface area (Å²) in [7, 11) is 0. The van der Waals surface area contributed by atoms with E-state index in [0.29, 0.717) is 6.17 Å². The lowest BCUT2D eigenvalue weighted by Gasteiger charge is -2.33. The Hall–Kier alpha value is -0.660. The summed E-state index contributed by atoms with van der Waals surface area (Å²) in [6, 6.07) is 0. The summed E-state index contributed by atoms with van der Waals surface area (Å²) in [6.07, 6.45) is 35.1. The van der Waals surface area contributed by atoms with Gasteiger partial charge in [-0.1, -0.05) is 130 Å². The first-order valence-corrected chi connectivity index (χ1v) is 14.5. The zero-order chi connectivity index (χ0) is 22.4. The fourth-order valence-corrected chi connectivity index (χ4v) is 4.95. The third-order valence-corrected chi connectivity index (χ3v) is 7.07. The largest absolute Gasteiger partial charge is 0.356 e. The second kappa shape index (κ2) is 21.2. The highest BCUT2D eigenvalue weighted by atomic mass is 15.4. The van der Waals surface area contributed by atoms with Gasteiger partial charge in [-0.25, -0.2) is 0 Å². The van der Waals surface area contributed by atoms with E-state index in [0.717, 1.165) is 0 Å². The minimum Gasteiger partial charge on any atom is -0.356 e. The van der Waals surface area contributed by atoms with Crippen LogP contribution >= 0.6 is 0 Å². The Morgan fingerprint density at radius 3 is 1.13 bits per heavy atom. The van der Waals surface area contributed by atoms with Crippen LogP contribution in [0.2, 0.25) is 0 Å². The molecule has 31 heavy (non-hydrogen) atoms. The van der Waals surface area contributed by atoms with Crippen molar-refractivity contribution < 1.29 is 0 Å². The fraction of sp³-hybridized carbons (Fsp3) is 0.931. The number of hydrogen-bond acceptors (Lipinski definition) is 2. The first-order chi connectivity index (χ1) is 15.3. The maximum atomic E-state index is 2.67. The zero-order valence-electron chi connectivity index (χ0n) is 21.9. The highest BCUT2D eigenvalue weighted by Gasteiger charge is 2.24. The van der Waals surface area contributed by atoms with Crippen LogP contribution in [-0.2, 0) is 0 Å². The molecule has 0 fully saturated rings. The van der Waals surface area contributed by atoms with E-state index in [1.807, 2.05) is 0 Å². The van der Waals surface area contributed by atoms with Crippen LogP contribution in [0.5, 0.6) is 0 Å². The van der Waals surface area contributed by atoms with E-state index in [2.05, 4.69) is 43.0 Å². The molecule has 1 atom stereocenters. The lowest BCUT2D eigenvalue weighted by Crippen LogP contribution is -2.39. The number of unbranched alkanes of at least 4 members (excludes halogenated alkanes) is 17. The van der Waals surface area contributed by atoms with Gasteiger partial charge in [0.25, 0.3) is 0 Å². The average molecular weight is 435 g/mol. The molecular formula is C29H58N2. The maximum Gasteiger partial charge on any atom is 0.101 e. The maximum absolute atomic E-state index is 2.67. The molecule has 1 aliphatic rings. The first kappa shape index (κ1) is 28.4. The second-order valence-electron chi connectivity index (χ2n) is 10.1. The van der Waals surface area contributed by atoms with Crippen molar-refractivity contribution in [3.8, 4) is 0 Å². The zero-order valence-corrected chi connectivity index (χ0v) is 21.9. The smallest absolute Gasteiger partial charge is 0.101 e. The van der Waals surface area contributed by atoms with Gasteiger partial charge in [-0.15, -0.1) is 0 Å². The third-order valence-electron chi connectivity index (χ3n) is 7.07. The van der Waals surface area contributed by atoms with E-state index >= 15 is 0 Å². The minimum atomic E-state index is 0.644. The third kappa shape index (κ3) is 14.9. The molecule has 0 aromatic carbocycles. The number of nitrogens with zero attached hydrogens (tertiary/aromatic N) is 2. The predicted molar refractivity (Wildman–Crippen MR) is 140 cm³/mol. The summed E-state index contributed by atoms with van der Waals surface area (Å²) in [5, 5.41) is 0. The topological polar surface area (TPSA) is 6.48 Å². The number of hydrogen-bond donors (Lipinski definition) is 0. The Bertz CT molecular complexity index is 392. The van der Waals surface area contributed by atoms with Crippen molar-refractivity contribution in [3.05, 3.63) is 12.4 Å². The van der Waals surface area contributed by atoms with Crippen LogP contribution in [0.1, 0.15) is 156 Å². The van der Waals surface area contributed by atoms with Gasteiger partial charge in [0.1, 0.15) is 6.17 Å². The lowest BCUT2D eigenvalue weighted by atomic mass is 10.1. The second-order valence-corrected chi connectivity index (χ2v) is 10.1. The summed E-state index contributed by atoms with van der Waals surface area (Å²) >= 11 is 0. The van der Waals surface area contributed by atoms with Crippen LogP contribution in [0.4, 0.5) is 0 Å². The van der Waals surface area contributed by atoms with Crippen molar-refractivity contribution in [2.75, 3.05) is 13.1 Å². The molecule has 0 aromatic rings. The summed E-state index contributed by atoms with van der Waals surface area (Å²) in [5.41, 5.74) is 0. The monoisotopic (exact) mass is 434 g/mol. The van der Waals surface area contributed by atoms with Gasteiger partial charge in [-0.3, -0.25) is 0 Å². The molecule has 2 nitrogen and oxygen atoms in total. The van der Waals surface area contributed by atoms with Crippen molar-refractivity contribution in [2.45, 2.75) is 162 Å². The Morgan fingerprint density at radius 2 is 0.742 bits per heavy atom. The molecular weight excluding hydrogens is 376 g/mol. The molecule has 1 rings (SSSR count). The molecule has 0 aromatic heterocycles. The molecule has 1 unspecified atom stereocenters. The van der Waals surface area contributed by atoms with Crippen molar-refractivity contribution in [1.29, 1.82) is 0 Å². The Labute approximate surface area is 197 Å². The Kier molecular flexibility index (Phi) is 19.4. The molecule has 1 heterocycles. The average Bonchev–Trinajstić information content (AvgIpc) is 3.16. The van der Waals surface area contributed by atoms with E-state index in [-0.39, 0.29) is 0 Å². The summed E-state index contributed by atoms with van der Waals surface area (Å²) in [5.74, 6) is 0. The van der Waals surface area contributed by atoms with Crippen molar-refractivity contribution in [1.82, 2.24) is 9.80 Å². The fourth-order valence-electron chi connectivity index (χ4n) is 4.95. The van der Waals surface area contributed by atoms with Crippen LogP contribution in [0.15, 0.2) is 12.4 Å². The van der Waals surface area contributed by atoms with E-state index in [4.69, 9.17) is 0 Å². The summed E-state index contributed by atoms with van der Waals surface area (Å²) < 4.78 is 0. The Balaban J connectivity index is 2.15. The SMILES string of the molecule is CCCCCCCCCCCCCN1C=CN(CCCCCCCC)C1CCCCC. The minimum absolute atomic E-state index is 0.644. The van der Waals surface area contributed by atoms with Crippen LogP contribution in [0, 0.1) is 0 Å². The Morgan fingerprint density at radius 1 is 0.419 bits per heavy atom. The van der Waals surface area contributed by atoms with Gasteiger partial charge in [-0.05, 0) is 25.7 Å². The van der Waals surface area contributed by atoms with Gasteiger partial charge >= 0.3 is 0 Å². The van der Waals surface area contributed by atoms with Crippen molar-refractivity contribution >= 4 is 0 Å². The first-order valence-electron chi connectivity index (χ1n) is 14.5.